The van der Waals surface area contributed by atoms with Crippen LogP contribution in [0.25, 0.3) is 21.5 Å². The topological polar surface area (TPSA) is 0 Å². The first-order valence-electron chi connectivity index (χ1n) is 7.77. The van der Waals surface area contributed by atoms with Crippen LogP contribution in [0.2, 0.25) is 0 Å². The third-order valence-corrected chi connectivity index (χ3v) is 4.15. The Morgan fingerprint density at radius 3 is 2.20 bits per heavy atom. The van der Waals surface area contributed by atoms with Crippen molar-refractivity contribution >= 4 is 21.5 Å². The zero-order valence-electron chi connectivity index (χ0n) is 12.4. The number of rotatable bonds is 4. The summed E-state index contributed by atoms with van der Waals surface area (Å²) in [5.74, 6) is 0. The summed E-state index contributed by atoms with van der Waals surface area (Å²) in [4.78, 5) is 0. The zero-order chi connectivity index (χ0) is 13.9. The molecule has 0 saturated carbocycles. The molecule has 102 valence electrons. The van der Waals surface area contributed by atoms with E-state index in [1.54, 1.807) is 5.56 Å². The van der Waals surface area contributed by atoms with Gasteiger partial charge in [-0.1, -0.05) is 75.2 Å². The van der Waals surface area contributed by atoms with Gasteiger partial charge in [0.15, 0.2) is 0 Å². The standard InChI is InChI=1S/C20H22/c1-3-7-15-11-13-20-18-10-6-5-9-16(18)12-14-19(20)17(15)8-4-2/h5-6,9-14H,3-4,7-8H2,1-2H3. The van der Waals surface area contributed by atoms with E-state index in [9.17, 15) is 0 Å². The predicted molar refractivity (Wildman–Crippen MR) is 89.4 cm³/mol. The molecule has 0 bridgehead atoms. The Morgan fingerprint density at radius 1 is 0.650 bits per heavy atom. The van der Waals surface area contributed by atoms with E-state index >= 15 is 0 Å². The molecule has 0 nitrogen and oxygen atoms in total. The molecule has 3 rings (SSSR count). The van der Waals surface area contributed by atoms with Crippen molar-refractivity contribution in [2.45, 2.75) is 39.5 Å². The average Bonchev–Trinajstić information content (AvgIpc) is 2.49. The maximum Gasteiger partial charge on any atom is -0.0102 e. The zero-order valence-corrected chi connectivity index (χ0v) is 12.4. The molecule has 0 amide bonds. The second-order valence-corrected chi connectivity index (χ2v) is 5.59. The monoisotopic (exact) mass is 262 g/mol. The van der Waals surface area contributed by atoms with E-state index in [1.165, 1.54) is 52.8 Å². The fraction of sp³-hybridized carbons (Fsp3) is 0.300. The predicted octanol–water partition coefficient (Wildman–Crippen LogP) is 5.90. The molecular weight excluding hydrogens is 240 g/mol. The van der Waals surface area contributed by atoms with Crippen LogP contribution in [0.1, 0.15) is 37.8 Å². The van der Waals surface area contributed by atoms with Crippen LogP contribution in [0.4, 0.5) is 0 Å². The van der Waals surface area contributed by atoms with Gasteiger partial charge in [0.05, 0.1) is 0 Å². The van der Waals surface area contributed by atoms with Crippen molar-refractivity contribution in [3.8, 4) is 0 Å². The quantitative estimate of drug-likeness (QED) is 0.514. The lowest BCUT2D eigenvalue weighted by Crippen LogP contribution is -1.96. The van der Waals surface area contributed by atoms with Crippen LogP contribution in [0.5, 0.6) is 0 Å². The lowest BCUT2D eigenvalue weighted by molar-refractivity contribution is 0.868. The number of hydrogen-bond acceptors (Lipinski definition) is 0. The molecule has 0 heteroatoms. The van der Waals surface area contributed by atoms with E-state index in [0.717, 1.165) is 0 Å². The molecule has 3 aromatic rings. The largest absolute Gasteiger partial charge is 0.0651 e. The third-order valence-electron chi connectivity index (χ3n) is 4.15. The molecule has 0 radical (unpaired) electrons. The van der Waals surface area contributed by atoms with Crippen molar-refractivity contribution in [2.24, 2.45) is 0 Å². The van der Waals surface area contributed by atoms with Crippen molar-refractivity contribution in [3.05, 3.63) is 59.7 Å². The Hall–Kier alpha value is -1.82. The van der Waals surface area contributed by atoms with Crippen LogP contribution in [0.3, 0.4) is 0 Å². The highest BCUT2D eigenvalue weighted by Crippen LogP contribution is 2.30. The lowest BCUT2D eigenvalue weighted by Gasteiger charge is -2.14. The van der Waals surface area contributed by atoms with E-state index in [0.29, 0.717) is 0 Å². The average molecular weight is 262 g/mol. The molecule has 0 heterocycles. The maximum atomic E-state index is 2.35. The van der Waals surface area contributed by atoms with Gasteiger partial charge < -0.3 is 0 Å². The molecule has 0 unspecified atom stereocenters. The molecule has 0 saturated heterocycles. The van der Waals surface area contributed by atoms with E-state index in [4.69, 9.17) is 0 Å². The Kier molecular flexibility index (Phi) is 3.73. The summed E-state index contributed by atoms with van der Waals surface area (Å²) in [6, 6.07) is 18.0. The summed E-state index contributed by atoms with van der Waals surface area (Å²) < 4.78 is 0. The molecule has 0 spiro atoms. The molecule has 0 fully saturated rings. The number of benzene rings is 3. The van der Waals surface area contributed by atoms with Crippen molar-refractivity contribution in [2.75, 3.05) is 0 Å². The number of hydrogen-bond donors (Lipinski definition) is 0. The van der Waals surface area contributed by atoms with Crippen LogP contribution >= 0.6 is 0 Å². The van der Waals surface area contributed by atoms with Crippen molar-refractivity contribution in [1.82, 2.24) is 0 Å². The van der Waals surface area contributed by atoms with Gasteiger partial charge in [-0.05, 0) is 45.5 Å². The van der Waals surface area contributed by atoms with Crippen LogP contribution in [0.15, 0.2) is 48.5 Å². The van der Waals surface area contributed by atoms with Crippen LogP contribution < -0.4 is 0 Å². The SMILES string of the molecule is CCCc1ccc2c(ccc3ccccc32)c1CCC. The summed E-state index contributed by atoms with van der Waals surface area (Å²) in [6.07, 6.45) is 4.81. The minimum atomic E-state index is 1.19. The van der Waals surface area contributed by atoms with E-state index in [2.05, 4.69) is 62.4 Å². The number of fused-ring (bicyclic) bond motifs is 3. The molecule has 0 N–H and O–H groups in total. The Bertz CT molecular complexity index is 737. The molecule has 3 aromatic carbocycles. The minimum Gasteiger partial charge on any atom is -0.0651 e. The molecule has 0 aromatic heterocycles. The Labute approximate surface area is 121 Å². The van der Waals surface area contributed by atoms with Gasteiger partial charge >= 0.3 is 0 Å². The summed E-state index contributed by atoms with van der Waals surface area (Å²) in [6.45, 7) is 4.54. The Morgan fingerprint density at radius 2 is 1.40 bits per heavy atom. The molecule has 0 aliphatic carbocycles. The first-order valence-corrected chi connectivity index (χ1v) is 7.77. The molecular formula is C20H22. The van der Waals surface area contributed by atoms with Gasteiger partial charge in [-0.15, -0.1) is 0 Å². The van der Waals surface area contributed by atoms with Gasteiger partial charge in [-0.25, -0.2) is 0 Å². The summed E-state index contributed by atoms with van der Waals surface area (Å²) in [5.41, 5.74) is 3.11. The molecule has 0 atom stereocenters. The highest BCUT2D eigenvalue weighted by molar-refractivity contribution is 6.08. The highest BCUT2D eigenvalue weighted by atomic mass is 14.1. The van der Waals surface area contributed by atoms with Crippen LogP contribution in [0, 0.1) is 0 Å². The molecule has 0 aliphatic rings. The highest BCUT2D eigenvalue weighted by Gasteiger charge is 2.08. The van der Waals surface area contributed by atoms with Crippen molar-refractivity contribution in [3.63, 3.8) is 0 Å². The number of aryl methyl sites for hydroxylation is 2. The van der Waals surface area contributed by atoms with Gasteiger partial charge in [0, 0.05) is 0 Å². The van der Waals surface area contributed by atoms with Gasteiger partial charge in [-0.2, -0.15) is 0 Å². The summed E-state index contributed by atoms with van der Waals surface area (Å²) >= 11 is 0. The van der Waals surface area contributed by atoms with Gasteiger partial charge in [-0.3, -0.25) is 0 Å². The summed E-state index contributed by atoms with van der Waals surface area (Å²) in [7, 11) is 0. The van der Waals surface area contributed by atoms with Gasteiger partial charge in [0.25, 0.3) is 0 Å². The first kappa shape index (κ1) is 13.2. The second-order valence-electron chi connectivity index (χ2n) is 5.59. The smallest absolute Gasteiger partial charge is 0.0102 e. The van der Waals surface area contributed by atoms with Crippen molar-refractivity contribution < 1.29 is 0 Å². The van der Waals surface area contributed by atoms with Crippen LogP contribution in [-0.2, 0) is 12.8 Å². The third kappa shape index (κ3) is 2.20. The van der Waals surface area contributed by atoms with E-state index in [1.807, 2.05) is 0 Å². The van der Waals surface area contributed by atoms with Crippen LogP contribution in [-0.4, -0.2) is 0 Å². The molecule has 20 heavy (non-hydrogen) atoms. The minimum absolute atomic E-state index is 1.19. The fourth-order valence-corrected chi connectivity index (χ4v) is 3.24. The van der Waals surface area contributed by atoms with Gasteiger partial charge in [0.2, 0.25) is 0 Å². The van der Waals surface area contributed by atoms with E-state index in [-0.39, 0.29) is 0 Å². The Balaban J connectivity index is 2.33. The normalized spacial score (nSPS) is 11.3. The molecule has 0 aliphatic heterocycles. The second kappa shape index (κ2) is 5.66. The maximum absolute atomic E-state index is 2.35. The van der Waals surface area contributed by atoms with Crippen molar-refractivity contribution in [1.29, 1.82) is 0 Å². The lowest BCUT2D eigenvalue weighted by atomic mass is 9.91. The fourth-order valence-electron chi connectivity index (χ4n) is 3.24. The summed E-state index contributed by atoms with van der Waals surface area (Å²) in [5, 5.41) is 5.58. The van der Waals surface area contributed by atoms with E-state index < -0.39 is 0 Å². The first-order chi connectivity index (χ1) is 9.85. The van der Waals surface area contributed by atoms with Gasteiger partial charge in [0.1, 0.15) is 0 Å².